The summed E-state index contributed by atoms with van der Waals surface area (Å²) in [5.41, 5.74) is 31.9. The lowest BCUT2D eigenvalue weighted by Crippen LogP contribution is -2.52. The average molecular weight is 1370 g/mol. The van der Waals surface area contributed by atoms with Crippen molar-refractivity contribution in [2.45, 2.75) is 139 Å². The summed E-state index contributed by atoms with van der Waals surface area (Å²) in [6, 6.07) is 31.1. The highest BCUT2D eigenvalue weighted by atomic mass is 32.2. The summed E-state index contributed by atoms with van der Waals surface area (Å²) in [5, 5.41) is 15.4. The van der Waals surface area contributed by atoms with Crippen LogP contribution in [-0.2, 0) is 88.0 Å². The van der Waals surface area contributed by atoms with E-state index >= 15 is 0 Å². The predicted octanol–water partition coefficient (Wildman–Crippen LogP) is 3.59. The molecule has 0 aliphatic heterocycles. The maximum absolute atomic E-state index is 14.9. The number of nitrogens with two attached hydrogens (primary N) is 5. The molecule has 2 amide bonds. The maximum Gasteiger partial charge on any atom is 0.303 e. The Balaban J connectivity index is 1.71. The normalized spacial score (nSPS) is 14.0. The Morgan fingerprint density at radius 3 is 1.37 bits per heavy atom. The molecule has 0 aliphatic rings. The van der Waals surface area contributed by atoms with Gasteiger partial charge in [-0.05, 0) is 118 Å². The van der Waals surface area contributed by atoms with E-state index in [-0.39, 0.29) is 70.6 Å². The van der Waals surface area contributed by atoms with E-state index in [1.54, 1.807) is 91.0 Å². The number of aliphatic carboxylic acids is 1. The number of carboxylic acids is 1. The summed E-state index contributed by atoms with van der Waals surface area (Å²) in [4.78, 5) is 96.9. The Morgan fingerprint density at radius 1 is 0.479 bits per heavy atom. The maximum atomic E-state index is 14.9. The van der Waals surface area contributed by atoms with E-state index in [1.807, 2.05) is 30.3 Å². The van der Waals surface area contributed by atoms with Gasteiger partial charge in [-0.2, -0.15) is 12.9 Å². The Kier molecular flexibility index (Phi) is 35.8. The first kappa shape index (κ1) is 79.9. The Bertz CT molecular complexity index is 3320. The number of unbranched alkanes of at least 4 members (excludes halogenated alkanes) is 3. The first-order valence-corrected chi connectivity index (χ1v) is 37.1. The molecule has 0 radical (unpaired) electrons. The summed E-state index contributed by atoms with van der Waals surface area (Å²) in [5.74, 6) is -9.13. The van der Waals surface area contributed by atoms with Crippen molar-refractivity contribution in [3.63, 3.8) is 0 Å². The number of hydrogen-bond donors (Lipinski definition) is 8. The van der Waals surface area contributed by atoms with Crippen molar-refractivity contribution in [3.05, 3.63) is 144 Å². The summed E-state index contributed by atoms with van der Waals surface area (Å²) in [6.07, 6.45) is 1.97. The second-order valence-electron chi connectivity index (χ2n) is 24.3. The molecule has 0 spiro atoms. The van der Waals surface area contributed by atoms with Crippen LogP contribution < -0.4 is 39.3 Å². The minimum absolute atomic E-state index is 0.0895. The molecule has 13 N–H and O–H groups in total. The summed E-state index contributed by atoms with van der Waals surface area (Å²) >= 11 is 0. The average Bonchev–Trinajstić information content (AvgIpc) is 0.877. The van der Waals surface area contributed by atoms with E-state index in [1.165, 1.54) is 6.92 Å². The van der Waals surface area contributed by atoms with Crippen molar-refractivity contribution < 1.29 is 63.9 Å². The third kappa shape index (κ3) is 30.5. The Hall–Kier alpha value is -6.50. The number of carbonyl (C=O) groups is 7. The fourth-order valence-electron chi connectivity index (χ4n) is 11.2. The molecular weight excluding hydrogens is 1260 g/mol. The van der Waals surface area contributed by atoms with Gasteiger partial charge in [-0.1, -0.05) is 141 Å². The number of rotatable bonds is 51. The number of Topliss-reactive ketones (excluding diaryl/α,β-unsaturated/α-hetero) is 4. The van der Waals surface area contributed by atoms with Crippen molar-refractivity contribution in [2.24, 2.45) is 46.4 Å². The summed E-state index contributed by atoms with van der Waals surface area (Å²) in [6.45, 7) is -1.27. The largest absolute Gasteiger partial charge is 0.481 e. The number of nitrogens with one attached hydrogen (secondary N) is 2. The van der Waals surface area contributed by atoms with Crippen LogP contribution in [0.2, 0.25) is 0 Å². The number of nitrogens with zero attached hydrogens (tertiary/aromatic N) is 3. The summed E-state index contributed by atoms with van der Waals surface area (Å²) < 4.78 is 88.6. The zero-order valence-corrected chi connectivity index (χ0v) is 56.7. The first-order chi connectivity index (χ1) is 44.8. The van der Waals surface area contributed by atoms with Gasteiger partial charge in [-0.3, -0.25) is 33.6 Å². The van der Waals surface area contributed by atoms with Crippen LogP contribution in [0.4, 0.5) is 0 Å². The van der Waals surface area contributed by atoms with E-state index in [0.717, 1.165) is 18.5 Å². The van der Waals surface area contributed by atoms with Gasteiger partial charge < -0.3 is 44.4 Å². The topological polar surface area (TPSA) is 406 Å². The van der Waals surface area contributed by atoms with E-state index in [0.29, 0.717) is 68.2 Å². The quantitative estimate of drug-likeness (QED) is 0.0293. The molecule has 27 heteroatoms. The second kappa shape index (κ2) is 42.1. The van der Waals surface area contributed by atoms with Gasteiger partial charge in [-0.25, -0.2) is 25.3 Å². The molecule has 0 bridgehead atoms. The molecule has 4 aromatic carbocycles. The number of carbonyl (C=O) groups excluding carboxylic acids is 6. The molecule has 4 rings (SSSR count). The van der Waals surface area contributed by atoms with Gasteiger partial charge in [0.15, 0.2) is 5.78 Å². The second-order valence-corrected chi connectivity index (χ2v) is 30.3. The van der Waals surface area contributed by atoms with Gasteiger partial charge in [0.25, 0.3) is 0 Å². The molecule has 94 heavy (non-hydrogen) atoms. The molecule has 0 aromatic heterocycles. The lowest BCUT2D eigenvalue weighted by atomic mass is 9.90. The molecular formula is C67H100N10O14S3. The van der Waals surface area contributed by atoms with Crippen LogP contribution in [0.5, 0.6) is 0 Å². The highest BCUT2D eigenvalue weighted by Gasteiger charge is 2.36. The number of hydrogen-bond acceptors (Lipinski definition) is 18. The van der Waals surface area contributed by atoms with Crippen LogP contribution in [0.1, 0.15) is 119 Å². The Labute approximate surface area is 556 Å². The van der Waals surface area contributed by atoms with Gasteiger partial charge in [0.05, 0.1) is 49.0 Å². The molecule has 0 saturated heterocycles. The zero-order chi connectivity index (χ0) is 69.1. The van der Waals surface area contributed by atoms with Crippen LogP contribution in [0, 0.1) is 17.8 Å². The molecule has 520 valence electrons. The third-order valence-corrected chi connectivity index (χ3v) is 21.4. The monoisotopic (exact) mass is 1360 g/mol. The molecule has 0 fully saturated rings. The van der Waals surface area contributed by atoms with Crippen molar-refractivity contribution in [1.82, 2.24) is 23.5 Å². The van der Waals surface area contributed by atoms with Crippen molar-refractivity contribution in [2.75, 3.05) is 71.2 Å². The fraction of sp³-hybridized carbons (Fsp3) is 0.537. The molecule has 0 heterocycles. The molecule has 0 saturated carbocycles. The standard InChI is InChI=1S/C67H100N10O14S3/c1-51(78)43-75(92(86,87)37-36-71)44-57(39-53-22-8-3-9-23-53)41-64(81)62(31-32-66(83)84)74-65(82)48-77(94(90,91)50-55-26-12-5-13-27-55)46-59(29-15-18-34-69)73-67(85)58(28-14-17-33-68)42-60(79)47-76(93(88,89)49-54-24-10-4-11-25-54)45-56(38-52-20-6-2-7-21-52)40-63(80)61(72)30-16-19-35-70/h2-13,20-27,56-59,61-62H,14-19,28-50,68-72H2,1H3,(H,73,85)(H,74,82)(H,83,84)/t56-,57-,58-,59+,61+,62+/m1/s1. The van der Waals surface area contributed by atoms with Gasteiger partial charge in [0, 0.05) is 63.8 Å². The minimum Gasteiger partial charge on any atom is -0.481 e. The van der Waals surface area contributed by atoms with Crippen LogP contribution in [0.25, 0.3) is 0 Å². The third-order valence-electron chi connectivity index (χ3n) is 16.0. The van der Waals surface area contributed by atoms with E-state index in [4.69, 9.17) is 28.7 Å². The number of ketones is 4. The van der Waals surface area contributed by atoms with Crippen molar-refractivity contribution in [1.29, 1.82) is 0 Å². The lowest BCUT2D eigenvalue weighted by Gasteiger charge is -2.30. The molecule has 0 aliphatic carbocycles. The highest BCUT2D eigenvalue weighted by Crippen LogP contribution is 2.25. The number of carboxylic acid groups (broad SMARTS) is 1. The molecule has 4 aromatic rings. The van der Waals surface area contributed by atoms with Crippen LogP contribution in [0.15, 0.2) is 121 Å². The van der Waals surface area contributed by atoms with E-state index < -0.39 is 170 Å². The van der Waals surface area contributed by atoms with Gasteiger partial charge in [0.1, 0.15) is 17.3 Å². The van der Waals surface area contributed by atoms with Crippen LogP contribution >= 0.6 is 0 Å². The van der Waals surface area contributed by atoms with Crippen LogP contribution in [0.3, 0.4) is 0 Å². The van der Waals surface area contributed by atoms with E-state index in [9.17, 15) is 63.9 Å². The summed E-state index contributed by atoms with van der Waals surface area (Å²) in [7, 11) is -12.9. The Morgan fingerprint density at radius 2 is 0.915 bits per heavy atom. The number of amides is 2. The van der Waals surface area contributed by atoms with Gasteiger partial charge in [0.2, 0.25) is 41.9 Å². The highest BCUT2D eigenvalue weighted by molar-refractivity contribution is 7.89. The SMILES string of the molecule is CC(=O)CN(C[C@@H](CC(=O)[C@H](CCC(=O)O)NC(=O)CN(C[C@H](CCCCN)NC(=O)[C@H](CCCCN)CC(=O)CN(C[C@@H](CC(=O)[C@@H](N)CCCCN)Cc1ccccc1)S(=O)(=O)Cc1ccccc1)S(=O)(=O)Cc1ccccc1)Cc1ccccc1)S(=O)(=O)CCN. The lowest BCUT2D eigenvalue weighted by molar-refractivity contribution is -0.138. The predicted molar refractivity (Wildman–Crippen MR) is 363 cm³/mol. The van der Waals surface area contributed by atoms with Crippen molar-refractivity contribution >= 4 is 71.0 Å². The zero-order valence-electron chi connectivity index (χ0n) is 54.2. The first-order valence-electron chi connectivity index (χ1n) is 32.3. The fourth-order valence-corrected chi connectivity index (χ4v) is 15.7. The minimum atomic E-state index is -4.51. The van der Waals surface area contributed by atoms with Crippen LogP contribution in [-0.4, -0.2) is 174 Å². The van der Waals surface area contributed by atoms with E-state index in [2.05, 4.69) is 10.6 Å². The number of sulfonamides is 3. The molecule has 0 unspecified atom stereocenters. The molecule has 24 nitrogen and oxygen atoms in total. The molecule has 6 atom stereocenters. The van der Waals surface area contributed by atoms with Gasteiger partial charge >= 0.3 is 5.97 Å². The van der Waals surface area contributed by atoms with Crippen molar-refractivity contribution in [3.8, 4) is 0 Å². The smallest absolute Gasteiger partial charge is 0.303 e. The van der Waals surface area contributed by atoms with Gasteiger partial charge in [-0.15, -0.1) is 0 Å². The number of benzene rings is 4.